The Morgan fingerprint density at radius 2 is 2.33 bits per heavy atom. The first-order chi connectivity index (χ1) is 5.74. The average Bonchev–Trinajstić information content (AvgIpc) is 2.07. The van der Waals surface area contributed by atoms with Crippen LogP contribution in [0, 0.1) is 14.9 Å². The van der Waals surface area contributed by atoms with Gasteiger partial charge in [0.15, 0.2) is 6.61 Å². The van der Waals surface area contributed by atoms with Crippen molar-refractivity contribution in [2.24, 2.45) is 0 Å². The summed E-state index contributed by atoms with van der Waals surface area (Å²) in [6.45, 7) is 0.0903. The molecule has 0 aromatic heterocycles. The fourth-order valence-corrected chi connectivity index (χ4v) is 1.38. The molecule has 2 nitrogen and oxygen atoms in total. The number of rotatable bonds is 2. The molecule has 0 unspecified atom stereocenters. The standard InChI is InChI=1S/C8H5BrINO/c9-7-5-6(12-4-3-11)1-2-8(7)10/h1-2,5H,4H2. The van der Waals surface area contributed by atoms with Crippen LogP contribution in [-0.4, -0.2) is 6.61 Å². The highest BCUT2D eigenvalue weighted by atomic mass is 127. The van der Waals surface area contributed by atoms with Crippen LogP contribution in [0.15, 0.2) is 22.7 Å². The largest absolute Gasteiger partial charge is 0.479 e. The maximum Gasteiger partial charge on any atom is 0.174 e. The van der Waals surface area contributed by atoms with Crippen molar-refractivity contribution < 1.29 is 4.74 Å². The summed E-state index contributed by atoms with van der Waals surface area (Å²) in [5, 5.41) is 8.26. The van der Waals surface area contributed by atoms with Crippen molar-refractivity contribution in [3.63, 3.8) is 0 Å². The Balaban J connectivity index is 2.77. The van der Waals surface area contributed by atoms with E-state index in [0.29, 0.717) is 5.75 Å². The van der Waals surface area contributed by atoms with Crippen molar-refractivity contribution in [2.75, 3.05) is 6.61 Å². The molecule has 0 saturated carbocycles. The molecule has 0 bridgehead atoms. The summed E-state index contributed by atoms with van der Waals surface area (Å²) in [5.41, 5.74) is 0. The van der Waals surface area contributed by atoms with E-state index in [2.05, 4.69) is 38.5 Å². The molecule has 0 aliphatic rings. The first-order valence-corrected chi connectivity index (χ1v) is 5.06. The highest BCUT2D eigenvalue weighted by molar-refractivity contribution is 14.1. The van der Waals surface area contributed by atoms with Gasteiger partial charge in [-0.15, -0.1) is 0 Å². The Morgan fingerprint density at radius 1 is 1.58 bits per heavy atom. The zero-order valence-corrected chi connectivity index (χ0v) is 9.79. The van der Waals surface area contributed by atoms with Crippen LogP contribution >= 0.6 is 38.5 Å². The van der Waals surface area contributed by atoms with E-state index >= 15 is 0 Å². The van der Waals surface area contributed by atoms with Gasteiger partial charge in [-0.3, -0.25) is 0 Å². The lowest BCUT2D eigenvalue weighted by atomic mass is 10.3. The van der Waals surface area contributed by atoms with E-state index in [4.69, 9.17) is 10.00 Å². The zero-order valence-electron chi connectivity index (χ0n) is 6.05. The first kappa shape index (κ1) is 9.81. The van der Waals surface area contributed by atoms with Gasteiger partial charge in [0.25, 0.3) is 0 Å². The molecule has 12 heavy (non-hydrogen) atoms. The van der Waals surface area contributed by atoms with Crippen LogP contribution in [0.5, 0.6) is 5.75 Å². The second kappa shape index (κ2) is 4.67. The maximum atomic E-state index is 8.26. The molecule has 0 radical (unpaired) electrons. The lowest BCUT2D eigenvalue weighted by Crippen LogP contribution is -1.93. The predicted octanol–water partition coefficient (Wildman–Crippen LogP) is 2.96. The summed E-state index contributed by atoms with van der Waals surface area (Å²) in [6, 6.07) is 7.52. The number of nitriles is 1. The summed E-state index contributed by atoms with van der Waals surface area (Å²) in [5.74, 6) is 0.712. The number of hydrogen-bond donors (Lipinski definition) is 0. The Hall–Kier alpha value is -0.280. The summed E-state index contributed by atoms with van der Waals surface area (Å²) in [6.07, 6.45) is 0. The van der Waals surface area contributed by atoms with Crippen LogP contribution in [0.4, 0.5) is 0 Å². The fraction of sp³-hybridized carbons (Fsp3) is 0.125. The van der Waals surface area contributed by atoms with Gasteiger partial charge < -0.3 is 4.74 Å². The number of nitrogens with zero attached hydrogens (tertiary/aromatic N) is 1. The summed E-state index contributed by atoms with van der Waals surface area (Å²) < 4.78 is 7.20. The van der Waals surface area contributed by atoms with Crippen LogP contribution in [-0.2, 0) is 0 Å². The van der Waals surface area contributed by atoms with Crippen molar-refractivity contribution in [3.8, 4) is 11.8 Å². The van der Waals surface area contributed by atoms with Crippen LogP contribution in [0.2, 0.25) is 0 Å². The van der Waals surface area contributed by atoms with Crippen molar-refractivity contribution in [1.82, 2.24) is 0 Å². The molecule has 0 heterocycles. The molecule has 0 aliphatic carbocycles. The Morgan fingerprint density at radius 3 is 2.92 bits per heavy atom. The van der Waals surface area contributed by atoms with Crippen LogP contribution in [0.1, 0.15) is 0 Å². The number of ether oxygens (including phenoxy) is 1. The molecule has 1 aromatic carbocycles. The second-order valence-corrected chi connectivity index (χ2v) is 4.04. The minimum absolute atomic E-state index is 0.0903. The third kappa shape index (κ3) is 2.64. The average molecular weight is 338 g/mol. The SMILES string of the molecule is N#CCOc1ccc(I)c(Br)c1. The quantitative estimate of drug-likeness (QED) is 0.777. The van der Waals surface area contributed by atoms with E-state index in [9.17, 15) is 0 Å². The molecule has 0 amide bonds. The maximum absolute atomic E-state index is 8.26. The summed E-state index contributed by atoms with van der Waals surface area (Å²) in [4.78, 5) is 0. The molecule has 1 aromatic rings. The lowest BCUT2D eigenvalue weighted by Gasteiger charge is -2.02. The van der Waals surface area contributed by atoms with Crippen molar-refractivity contribution in [1.29, 1.82) is 5.26 Å². The van der Waals surface area contributed by atoms with Crippen molar-refractivity contribution in [2.45, 2.75) is 0 Å². The molecule has 4 heteroatoms. The first-order valence-electron chi connectivity index (χ1n) is 3.19. The topological polar surface area (TPSA) is 33.0 Å². The van der Waals surface area contributed by atoms with E-state index in [1.807, 2.05) is 24.3 Å². The number of halogens is 2. The van der Waals surface area contributed by atoms with Crippen LogP contribution < -0.4 is 4.74 Å². The highest BCUT2D eigenvalue weighted by Crippen LogP contribution is 2.23. The molecular weight excluding hydrogens is 333 g/mol. The monoisotopic (exact) mass is 337 g/mol. The van der Waals surface area contributed by atoms with E-state index in [0.717, 1.165) is 8.04 Å². The van der Waals surface area contributed by atoms with Gasteiger partial charge in [0.05, 0.1) is 0 Å². The predicted molar refractivity (Wildman–Crippen MR) is 58.0 cm³/mol. The molecule has 0 N–H and O–H groups in total. The number of hydrogen-bond acceptors (Lipinski definition) is 2. The van der Waals surface area contributed by atoms with Crippen molar-refractivity contribution in [3.05, 3.63) is 26.2 Å². The van der Waals surface area contributed by atoms with E-state index in [1.165, 1.54) is 0 Å². The van der Waals surface area contributed by atoms with Gasteiger partial charge in [0, 0.05) is 8.04 Å². The molecule has 1 rings (SSSR count). The van der Waals surface area contributed by atoms with Gasteiger partial charge in [0.2, 0.25) is 0 Å². The normalized spacial score (nSPS) is 9.08. The minimum atomic E-state index is 0.0903. The summed E-state index contributed by atoms with van der Waals surface area (Å²) in [7, 11) is 0. The molecule has 62 valence electrons. The van der Waals surface area contributed by atoms with E-state index < -0.39 is 0 Å². The third-order valence-corrected chi connectivity index (χ3v) is 3.53. The van der Waals surface area contributed by atoms with Gasteiger partial charge in [-0.25, -0.2) is 0 Å². The molecule has 0 fully saturated rings. The van der Waals surface area contributed by atoms with Crippen LogP contribution in [0.3, 0.4) is 0 Å². The van der Waals surface area contributed by atoms with Gasteiger partial charge in [-0.2, -0.15) is 5.26 Å². The molecular formula is C8H5BrINO. The highest BCUT2D eigenvalue weighted by Gasteiger charge is 1.98. The third-order valence-electron chi connectivity index (χ3n) is 1.19. The van der Waals surface area contributed by atoms with Gasteiger partial charge in [0.1, 0.15) is 11.8 Å². The second-order valence-electron chi connectivity index (χ2n) is 2.02. The summed E-state index contributed by atoms with van der Waals surface area (Å²) >= 11 is 5.58. The molecule has 0 atom stereocenters. The Kier molecular flexibility index (Phi) is 3.82. The zero-order chi connectivity index (χ0) is 8.97. The smallest absolute Gasteiger partial charge is 0.174 e. The molecule has 0 aliphatic heterocycles. The van der Waals surface area contributed by atoms with Crippen molar-refractivity contribution >= 4 is 38.5 Å². The minimum Gasteiger partial charge on any atom is -0.479 e. The molecule has 0 spiro atoms. The molecule has 0 saturated heterocycles. The van der Waals surface area contributed by atoms with E-state index in [-0.39, 0.29) is 6.61 Å². The number of benzene rings is 1. The fourth-order valence-electron chi connectivity index (χ4n) is 0.682. The lowest BCUT2D eigenvalue weighted by molar-refractivity contribution is 0.368. The van der Waals surface area contributed by atoms with Gasteiger partial charge >= 0.3 is 0 Å². The van der Waals surface area contributed by atoms with Gasteiger partial charge in [-0.05, 0) is 56.7 Å². The van der Waals surface area contributed by atoms with Crippen LogP contribution in [0.25, 0.3) is 0 Å². The van der Waals surface area contributed by atoms with E-state index in [1.54, 1.807) is 0 Å². The Bertz CT molecular complexity index is 321. The van der Waals surface area contributed by atoms with Gasteiger partial charge in [-0.1, -0.05) is 0 Å². The Labute approximate surface area is 92.8 Å².